The zero-order valence-corrected chi connectivity index (χ0v) is 11.3. The largest absolute Gasteiger partial charge is 0.504 e. The fraction of sp³-hybridized carbons (Fsp3) is 0.467. The Balaban J connectivity index is 0.000000321. The molecule has 0 aliphatic rings. The molecule has 1 atom stereocenters. The molecule has 0 bridgehead atoms. The Morgan fingerprint density at radius 3 is 2.39 bits per heavy atom. The fourth-order valence-electron chi connectivity index (χ4n) is 1.36. The average molecular weight is 252 g/mol. The number of aromatic hydroxyl groups is 2. The molecule has 1 unspecified atom stereocenters. The van der Waals surface area contributed by atoms with Crippen LogP contribution in [-0.2, 0) is 0 Å². The van der Waals surface area contributed by atoms with Crippen LogP contribution >= 0.6 is 0 Å². The Bertz CT molecular complexity index is 327. The smallest absolute Gasteiger partial charge is 0.160 e. The van der Waals surface area contributed by atoms with E-state index in [-0.39, 0.29) is 17.6 Å². The highest BCUT2D eigenvalue weighted by molar-refractivity contribution is 5.43. The molecule has 3 heteroatoms. The number of aliphatic hydroxyl groups excluding tert-OH is 1. The van der Waals surface area contributed by atoms with E-state index in [1.165, 1.54) is 18.9 Å². The van der Waals surface area contributed by atoms with Crippen LogP contribution in [0, 0.1) is 6.92 Å². The number of rotatable bonds is 5. The molecule has 1 aromatic rings. The Kier molecular flexibility index (Phi) is 8.76. The minimum atomic E-state index is -0.281. The van der Waals surface area contributed by atoms with Gasteiger partial charge in [0.05, 0.1) is 6.10 Å². The van der Waals surface area contributed by atoms with Gasteiger partial charge in [0.2, 0.25) is 0 Å². The van der Waals surface area contributed by atoms with Crippen LogP contribution in [0.15, 0.2) is 30.9 Å². The van der Waals surface area contributed by atoms with Crippen LogP contribution in [0.1, 0.15) is 38.2 Å². The molecule has 0 aromatic heterocycles. The molecule has 0 radical (unpaired) electrons. The van der Waals surface area contributed by atoms with E-state index in [1.807, 2.05) is 0 Å². The summed E-state index contributed by atoms with van der Waals surface area (Å²) in [7, 11) is 0. The molecule has 0 saturated heterocycles. The van der Waals surface area contributed by atoms with Crippen LogP contribution in [-0.4, -0.2) is 21.4 Å². The Morgan fingerprint density at radius 1 is 1.28 bits per heavy atom. The maximum atomic E-state index is 8.97. The minimum absolute atomic E-state index is 0.0301. The molecule has 18 heavy (non-hydrogen) atoms. The molecule has 1 aromatic carbocycles. The first kappa shape index (κ1) is 16.5. The predicted molar refractivity (Wildman–Crippen MR) is 74.9 cm³/mol. The summed E-state index contributed by atoms with van der Waals surface area (Å²) in [4.78, 5) is 0. The third kappa shape index (κ3) is 6.97. The van der Waals surface area contributed by atoms with Crippen molar-refractivity contribution in [3.8, 4) is 11.5 Å². The Labute approximate surface area is 109 Å². The minimum Gasteiger partial charge on any atom is -0.504 e. The second-order valence-electron chi connectivity index (χ2n) is 4.24. The Morgan fingerprint density at radius 2 is 1.94 bits per heavy atom. The van der Waals surface area contributed by atoms with E-state index in [9.17, 15) is 0 Å². The molecule has 0 amide bonds. The predicted octanol–water partition coefficient (Wildman–Crippen LogP) is 3.52. The van der Waals surface area contributed by atoms with Gasteiger partial charge in [-0.1, -0.05) is 44.4 Å². The first-order chi connectivity index (χ1) is 8.52. The van der Waals surface area contributed by atoms with Crippen LogP contribution < -0.4 is 0 Å². The monoisotopic (exact) mass is 252 g/mol. The average Bonchev–Trinajstić information content (AvgIpc) is 2.36. The van der Waals surface area contributed by atoms with Crippen molar-refractivity contribution >= 4 is 0 Å². The maximum Gasteiger partial charge on any atom is 0.160 e. The summed E-state index contributed by atoms with van der Waals surface area (Å²) < 4.78 is 0. The van der Waals surface area contributed by atoms with Crippen molar-refractivity contribution in [1.82, 2.24) is 0 Å². The van der Waals surface area contributed by atoms with Crippen LogP contribution in [0.5, 0.6) is 11.5 Å². The van der Waals surface area contributed by atoms with E-state index < -0.39 is 0 Å². The second kappa shape index (κ2) is 9.54. The van der Waals surface area contributed by atoms with Crippen molar-refractivity contribution in [3.05, 3.63) is 36.4 Å². The number of unbranched alkanes of at least 4 members (excludes halogenated alkanes) is 2. The standard InChI is InChI=1S/C8H16O.C7H8O2/c1-3-5-6-7-8(9)4-2;1-5-3-2-4-6(8)7(5)9/h4,8-9H,2-3,5-7H2,1H3;2-4,8-9H,1H3. The van der Waals surface area contributed by atoms with Crippen LogP contribution in [0.2, 0.25) is 0 Å². The van der Waals surface area contributed by atoms with E-state index in [0.717, 1.165) is 12.8 Å². The van der Waals surface area contributed by atoms with Crippen molar-refractivity contribution in [2.24, 2.45) is 0 Å². The van der Waals surface area contributed by atoms with E-state index in [2.05, 4.69) is 13.5 Å². The molecular formula is C15H24O3. The van der Waals surface area contributed by atoms with Gasteiger partial charge in [0, 0.05) is 0 Å². The second-order valence-corrected chi connectivity index (χ2v) is 4.24. The molecule has 0 fully saturated rings. The number of benzene rings is 1. The van der Waals surface area contributed by atoms with E-state index >= 15 is 0 Å². The third-order valence-corrected chi connectivity index (χ3v) is 2.59. The number of phenolic OH excluding ortho intramolecular Hbond substituents is 2. The van der Waals surface area contributed by atoms with Gasteiger partial charge in [0.25, 0.3) is 0 Å². The van der Waals surface area contributed by atoms with Crippen LogP contribution in [0.3, 0.4) is 0 Å². The van der Waals surface area contributed by atoms with Gasteiger partial charge in [-0.25, -0.2) is 0 Å². The molecule has 3 N–H and O–H groups in total. The highest BCUT2D eigenvalue weighted by Gasteiger charge is 1.98. The van der Waals surface area contributed by atoms with E-state index in [0.29, 0.717) is 5.56 Å². The van der Waals surface area contributed by atoms with E-state index in [1.54, 1.807) is 25.1 Å². The van der Waals surface area contributed by atoms with Gasteiger partial charge in [-0.2, -0.15) is 0 Å². The highest BCUT2D eigenvalue weighted by atomic mass is 16.3. The topological polar surface area (TPSA) is 60.7 Å². The van der Waals surface area contributed by atoms with Crippen LogP contribution in [0.4, 0.5) is 0 Å². The van der Waals surface area contributed by atoms with Crippen molar-refractivity contribution < 1.29 is 15.3 Å². The first-order valence-electron chi connectivity index (χ1n) is 6.31. The van der Waals surface area contributed by atoms with Crippen molar-refractivity contribution in [2.45, 2.75) is 45.6 Å². The normalized spacial score (nSPS) is 11.3. The fourth-order valence-corrected chi connectivity index (χ4v) is 1.36. The summed E-state index contributed by atoms with van der Waals surface area (Å²) >= 11 is 0. The third-order valence-electron chi connectivity index (χ3n) is 2.59. The van der Waals surface area contributed by atoms with E-state index in [4.69, 9.17) is 15.3 Å². The van der Waals surface area contributed by atoms with Gasteiger partial charge in [-0.15, -0.1) is 6.58 Å². The SMILES string of the molecule is C=CC(O)CCCCC.Cc1cccc(O)c1O. The molecule has 3 nitrogen and oxygen atoms in total. The number of aliphatic hydroxyl groups is 1. The zero-order valence-electron chi connectivity index (χ0n) is 11.3. The molecule has 0 heterocycles. The lowest BCUT2D eigenvalue weighted by molar-refractivity contribution is 0.208. The summed E-state index contributed by atoms with van der Waals surface area (Å²) in [5, 5.41) is 26.8. The number of aryl methyl sites for hydroxylation is 1. The summed E-state index contributed by atoms with van der Waals surface area (Å²) in [6, 6.07) is 4.86. The van der Waals surface area contributed by atoms with Gasteiger partial charge in [0.1, 0.15) is 0 Å². The van der Waals surface area contributed by atoms with Crippen molar-refractivity contribution in [1.29, 1.82) is 0 Å². The van der Waals surface area contributed by atoms with Crippen LogP contribution in [0.25, 0.3) is 0 Å². The zero-order chi connectivity index (χ0) is 14.0. The molecule has 102 valence electrons. The molecule has 0 aliphatic carbocycles. The number of phenols is 2. The summed E-state index contributed by atoms with van der Waals surface area (Å²) in [6.45, 7) is 7.37. The summed E-state index contributed by atoms with van der Waals surface area (Å²) in [6.07, 6.45) is 5.72. The number of para-hydroxylation sites is 1. The Hall–Kier alpha value is -1.48. The van der Waals surface area contributed by atoms with Crippen molar-refractivity contribution in [3.63, 3.8) is 0 Å². The van der Waals surface area contributed by atoms with Gasteiger partial charge in [-0.3, -0.25) is 0 Å². The lowest BCUT2D eigenvalue weighted by Crippen LogP contribution is -1.99. The number of hydrogen-bond donors (Lipinski definition) is 3. The lowest BCUT2D eigenvalue weighted by atomic mass is 10.1. The van der Waals surface area contributed by atoms with Gasteiger partial charge < -0.3 is 15.3 Å². The first-order valence-corrected chi connectivity index (χ1v) is 6.31. The summed E-state index contributed by atoms with van der Waals surface area (Å²) in [5.74, 6) is -0.0903. The molecule has 0 spiro atoms. The maximum absolute atomic E-state index is 8.97. The lowest BCUT2D eigenvalue weighted by Gasteiger charge is -2.01. The molecule has 0 aliphatic heterocycles. The van der Waals surface area contributed by atoms with Gasteiger partial charge in [0.15, 0.2) is 11.5 Å². The number of hydrogen-bond acceptors (Lipinski definition) is 3. The van der Waals surface area contributed by atoms with Crippen molar-refractivity contribution in [2.75, 3.05) is 0 Å². The quantitative estimate of drug-likeness (QED) is 0.427. The highest BCUT2D eigenvalue weighted by Crippen LogP contribution is 2.26. The summed E-state index contributed by atoms with van der Waals surface area (Å²) in [5.41, 5.74) is 0.690. The molecule has 0 saturated carbocycles. The molecule has 1 rings (SSSR count). The van der Waals surface area contributed by atoms with Gasteiger partial charge in [-0.05, 0) is 25.0 Å². The van der Waals surface area contributed by atoms with Gasteiger partial charge >= 0.3 is 0 Å². The molecular weight excluding hydrogens is 228 g/mol.